The molecule has 1 atom stereocenters. The Hall–Kier alpha value is -0.870. The van der Waals surface area contributed by atoms with Crippen LogP contribution in [0.25, 0.3) is 0 Å². The summed E-state index contributed by atoms with van der Waals surface area (Å²) in [5.74, 6) is 0.984. The quantitative estimate of drug-likeness (QED) is 0.894. The van der Waals surface area contributed by atoms with Crippen molar-refractivity contribution >= 4 is 21.7 Å². The second-order valence-electron chi connectivity index (χ2n) is 3.49. The average molecular weight is 270 g/mol. The van der Waals surface area contributed by atoms with Gasteiger partial charge in [0.25, 0.3) is 0 Å². The molecule has 1 aromatic rings. The molecule has 1 aromatic carbocycles. The molecule has 1 aliphatic rings. The van der Waals surface area contributed by atoms with E-state index < -0.39 is 0 Å². The van der Waals surface area contributed by atoms with Gasteiger partial charge in [-0.25, -0.2) is 0 Å². The molecular weight excluding hydrogens is 258 g/mol. The van der Waals surface area contributed by atoms with Crippen LogP contribution in [0.1, 0.15) is 18.0 Å². The summed E-state index contributed by atoms with van der Waals surface area (Å²) < 4.78 is 6.21. The SMILES string of the molecule is COc1ccc(Br)cc1C1NCCC1=O. The third-order valence-electron chi connectivity index (χ3n) is 2.54. The molecule has 0 aromatic heterocycles. The zero-order chi connectivity index (χ0) is 10.8. The van der Waals surface area contributed by atoms with Crippen molar-refractivity contribution in [2.75, 3.05) is 13.7 Å². The third kappa shape index (κ3) is 2.06. The predicted octanol–water partition coefficient (Wildman–Crippen LogP) is 2.06. The van der Waals surface area contributed by atoms with Crippen molar-refractivity contribution in [3.8, 4) is 5.75 Å². The molecule has 1 aliphatic heterocycles. The minimum Gasteiger partial charge on any atom is -0.496 e. The van der Waals surface area contributed by atoms with E-state index in [0.29, 0.717) is 6.42 Å². The second-order valence-corrected chi connectivity index (χ2v) is 4.41. The number of ether oxygens (including phenoxy) is 1. The zero-order valence-electron chi connectivity index (χ0n) is 8.42. The van der Waals surface area contributed by atoms with E-state index in [0.717, 1.165) is 22.3 Å². The molecular formula is C11H12BrNO2. The Morgan fingerprint density at radius 3 is 2.93 bits per heavy atom. The van der Waals surface area contributed by atoms with Gasteiger partial charge in [0.1, 0.15) is 5.75 Å². The molecule has 3 nitrogen and oxygen atoms in total. The van der Waals surface area contributed by atoms with Crippen molar-refractivity contribution < 1.29 is 9.53 Å². The number of halogens is 1. The lowest BCUT2D eigenvalue weighted by Gasteiger charge is -2.14. The average Bonchev–Trinajstić information content (AvgIpc) is 2.64. The molecule has 80 valence electrons. The Balaban J connectivity index is 2.40. The van der Waals surface area contributed by atoms with Crippen LogP contribution in [0.5, 0.6) is 5.75 Å². The van der Waals surface area contributed by atoms with E-state index in [1.165, 1.54) is 0 Å². The summed E-state index contributed by atoms with van der Waals surface area (Å²) in [5, 5.41) is 3.17. The first kappa shape index (κ1) is 10.6. The fraction of sp³-hybridized carbons (Fsp3) is 0.364. The number of Topliss-reactive ketones (excluding diaryl/α,β-unsaturated/α-hetero) is 1. The van der Waals surface area contributed by atoms with Crippen molar-refractivity contribution in [2.24, 2.45) is 0 Å². The maximum absolute atomic E-state index is 11.6. The van der Waals surface area contributed by atoms with Crippen molar-refractivity contribution in [1.82, 2.24) is 5.32 Å². The monoisotopic (exact) mass is 269 g/mol. The highest BCUT2D eigenvalue weighted by molar-refractivity contribution is 9.10. The number of hydrogen-bond donors (Lipinski definition) is 1. The summed E-state index contributed by atoms with van der Waals surface area (Å²) in [6, 6.07) is 5.49. The predicted molar refractivity (Wildman–Crippen MR) is 61.1 cm³/mol. The Labute approximate surface area is 96.9 Å². The maximum Gasteiger partial charge on any atom is 0.155 e. The summed E-state index contributed by atoms with van der Waals surface area (Å²) in [6.45, 7) is 0.749. The van der Waals surface area contributed by atoms with Crippen LogP contribution in [0.2, 0.25) is 0 Å². The van der Waals surface area contributed by atoms with Gasteiger partial charge < -0.3 is 10.1 Å². The van der Waals surface area contributed by atoms with Gasteiger partial charge in [-0.3, -0.25) is 4.79 Å². The van der Waals surface area contributed by atoms with E-state index in [1.54, 1.807) is 7.11 Å². The van der Waals surface area contributed by atoms with Crippen LogP contribution < -0.4 is 10.1 Å². The molecule has 1 saturated heterocycles. The lowest BCUT2D eigenvalue weighted by molar-refractivity contribution is -0.118. The third-order valence-corrected chi connectivity index (χ3v) is 3.04. The molecule has 1 N–H and O–H groups in total. The van der Waals surface area contributed by atoms with Gasteiger partial charge in [-0.2, -0.15) is 0 Å². The van der Waals surface area contributed by atoms with Gasteiger partial charge in [0.2, 0.25) is 0 Å². The maximum atomic E-state index is 11.6. The number of ketones is 1. The molecule has 0 bridgehead atoms. The zero-order valence-corrected chi connectivity index (χ0v) is 10.0. The van der Waals surface area contributed by atoms with Crippen LogP contribution >= 0.6 is 15.9 Å². The molecule has 1 heterocycles. The van der Waals surface area contributed by atoms with Crippen LogP contribution in [-0.2, 0) is 4.79 Å². The Kier molecular flexibility index (Phi) is 3.07. The van der Waals surface area contributed by atoms with E-state index in [-0.39, 0.29) is 11.8 Å². The highest BCUT2D eigenvalue weighted by atomic mass is 79.9. The first-order chi connectivity index (χ1) is 7.22. The molecule has 2 rings (SSSR count). The fourth-order valence-electron chi connectivity index (χ4n) is 1.81. The molecule has 1 unspecified atom stereocenters. The molecule has 0 radical (unpaired) electrons. The fourth-order valence-corrected chi connectivity index (χ4v) is 2.19. The first-order valence-corrected chi connectivity index (χ1v) is 5.61. The number of carbonyl (C=O) groups excluding carboxylic acids is 1. The van der Waals surface area contributed by atoms with E-state index in [2.05, 4.69) is 21.2 Å². The molecule has 15 heavy (non-hydrogen) atoms. The van der Waals surface area contributed by atoms with Crippen molar-refractivity contribution in [2.45, 2.75) is 12.5 Å². The number of carbonyl (C=O) groups is 1. The minimum atomic E-state index is -0.211. The number of benzene rings is 1. The number of hydrogen-bond acceptors (Lipinski definition) is 3. The number of methoxy groups -OCH3 is 1. The first-order valence-electron chi connectivity index (χ1n) is 4.82. The Bertz CT molecular complexity index is 392. The largest absolute Gasteiger partial charge is 0.496 e. The van der Waals surface area contributed by atoms with Gasteiger partial charge >= 0.3 is 0 Å². The highest BCUT2D eigenvalue weighted by Crippen LogP contribution is 2.31. The van der Waals surface area contributed by atoms with Crippen LogP contribution in [0.4, 0.5) is 0 Å². The molecule has 4 heteroatoms. The summed E-state index contributed by atoms with van der Waals surface area (Å²) >= 11 is 3.40. The lowest BCUT2D eigenvalue weighted by Crippen LogP contribution is -2.18. The second kappa shape index (κ2) is 4.33. The molecule has 0 spiro atoms. The summed E-state index contributed by atoms with van der Waals surface area (Å²) in [5.41, 5.74) is 0.911. The summed E-state index contributed by atoms with van der Waals surface area (Å²) in [4.78, 5) is 11.6. The normalized spacial score (nSPS) is 20.7. The highest BCUT2D eigenvalue weighted by Gasteiger charge is 2.27. The summed E-state index contributed by atoms with van der Waals surface area (Å²) in [6.07, 6.45) is 0.598. The minimum absolute atomic E-state index is 0.211. The summed E-state index contributed by atoms with van der Waals surface area (Å²) in [7, 11) is 1.62. The van der Waals surface area contributed by atoms with Crippen LogP contribution in [-0.4, -0.2) is 19.4 Å². The van der Waals surface area contributed by atoms with Crippen LogP contribution in [0, 0.1) is 0 Å². The smallest absolute Gasteiger partial charge is 0.155 e. The molecule has 1 fully saturated rings. The standard InChI is InChI=1S/C11H12BrNO2/c1-15-10-3-2-7(12)6-8(10)11-9(14)4-5-13-11/h2-3,6,11,13H,4-5H2,1H3. The van der Waals surface area contributed by atoms with E-state index in [9.17, 15) is 4.79 Å². The molecule has 0 amide bonds. The number of nitrogens with one attached hydrogen (secondary N) is 1. The lowest BCUT2D eigenvalue weighted by atomic mass is 10.0. The van der Waals surface area contributed by atoms with E-state index >= 15 is 0 Å². The van der Waals surface area contributed by atoms with E-state index in [4.69, 9.17) is 4.74 Å². The van der Waals surface area contributed by atoms with Gasteiger partial charge in [-0.1, -0.05) is 15.9 Å². The topological polar surface area (TPSA) is 38.3 Å². The van der Waals surface area contributed by atoms with Crippen molar-refractivity contribution in [3.63, 3.8) is 0 Å². The van der Waals surface area contributed by atoms with Crippen LogP contribution in [0.15, 0.2) is 22.7 Å². The van der Waals surface area contributed by atoms with E-state index in [1.807, 2.05) is 18.2 Å². The van der Waals surface area contributed by atoms with Crippen molar-refractivity contribution in [1.29, 1.82) is 0 Å². The van der Waals surface area contributed by atoms with Crippen LogP contribution in [0.3, 0.4) is 0 Å². The number of rotatable bonds is 2. The Morgan fingerprint density at radius 1 is 1.53 bits per heavy atom. The van der Waals surface area contributed by atoms with Gasteiger partial charge in [0, 0.05) is 23.0 Å². The van der Waals surface area contributed by atoms with Gasteiger partial charge in [-0.05, 0) is 18.2 Å². The molecule has 0 aliphatic carbocycles. The van der Waals surface area contributed by atoms with Gasteiger partial charge in [0.15, 0.2) is 5.78 Å². The van der Waals surface area contributed by atoms with Crippen molar-refractivity contribution in [3.05, 3.63) is 28.2 Å². The van der Waals surface area contributed by atoms with Gasteiger partial charge in [-0.15, -0.1) is 0 Å². The molecule has 0 saturated carbocycles. The van der Waals surface area contributed by atoms with Gasteiger partial charge in [0.05, 0.1) is 13.2 Å². The Morgan fingerprint density at radius 2 is 2.33 bits per heavy atom.